The van der Waals surface area contributed by atoms with Crippen molar-refractivity contribution in [3.63, 3.8) is 0 Å². The Morgan fingerprint density at radius 3 is 1.97 bits per heavy atom. The Morgan fingerprint density at radius 1 is 0.738 bits per heavy atom. The summed E-state index contributed by atoms with van der Waals surface area (Å²) in [5.41, 5.74) is 0. The lowest BCUT2D eigenvalue weighted by Crippen LogP contribution is -2.37. The molecule has 0 radical (unpaired) electrons. The average molecular weight is 882 g/mol. The number of carbonyl (C=O) groups excluding carboxylic acids is 2. The SMILES string of the molecule is CCCCC/C=C\C/C=C\C/C=C\C/C=C\CCCC(=O)O[C@H](COC(=O)CCCCCC[C@@H]1[C@@H](/C=C/[C@@H](O)CCCCC)[C@H](O)C[C@@H]1O)COP(=O)([O-])OCC[N+](C)(C)C. The summed E-state index contributed by atoms with van der Waals surface area (Å²) in [4.78, 5) is 37.8. The quantitative estimate of drug-likeness (QED) is 0.0179. The number of hydrogen-bond acceptors (Lipinski definition) is 11. The van der Waals surface area contributed by atoms with Gasteiger partial charge in [0.2, 0.25) is 0 Å². The number of esters is 2. The number of nitrogens with zero attached hydrogens (tertiary/aromatic N) is 1. The second kappa shape index (κ2) is 35.0. The topological polar surface area (TPSA) is 172 Å². The molecule has 0 aromatic heterocycles. The number of carbonyl (C=O) groups is 2. The number of phosphoric acid groups is 1. The maximum Gasteiger partial charge on any atom is 0.306 e. The molecule has 0 amide bonds. The van der Waals surface area contributed by atoms with Crippen LogP contribution in [-0.4, -0.2) is 104 Å². The molecule has 12 nitrogen and oxygen atoms in total. The van der Waals surface area contributed by atoms with Gasteiger partial charge in [-0.15, -0.1) is 0 Å². The van der Waals surface area contributed by atoms with E-state index in [4.69, 9.17) is 18.5 Å². The number of rotatable bonds is 37. The molecule has 7 atom stereocenters. The summed E-state index contributed by atoms with van der Waals surface area (Å²) in [6.45, 7) is 3.78. The molecule has 352 valence electrons. The van der Waals surface area contributed by atoms with Crippen LogP contribution in [-0.2, 0) is 32.7 Å². The zero-order valence-electron chi connectivity index (χ0n) is 38.4. The number of unbranched alkanes of at least 4 members (excludes halogenated alkanes) is 9. The minimum Gasteiger partial charge on any atom is -0.756 e. The van der Waals surface area contributed by atoms with Crippen LogP contribution in [0.3, 0.4) is 0 Å². The van der Waals surface area contributed by atoms with Gasteiger partial charge < -0.3 is 43.2 Å². The first-order chi connectivity index (χ1) is 29.2. The molecule has 0 spiro atoms. The van der Waals surface area contributed by atoms with Crippen LogP contribution in [0.15, 0.2) is 60.8 Å². The van der Waals surface area contributed by atoms with Gasteiger partial charge in [-0.2, -0.15) is 0 Å². The van der Waals surface area contributed by atoms with E-state index in [1.807, 2.05) is 39.4 Å². The molecule has 0 aromatic rings. The van der Waals surface area contributed by atoms with E-state index >= 15 is 0 Å². The highest BCUT2D eigenvalue weighted by atomic mass is 31.2. The van der Waals surface area contributed by atoms with E-state index in [0.717, 1.165) is 70.6 Å². The molecular weight excluding hydrogens is 797 g/mol. The molecule has 0 aliphatic heterocycles. The Morgan fingerprint density at radius 2 is 1.33 bits per heavy atom. The first-order valence-electron chi connectivity index (χ1n) is 23.3. The van der Waals surface area contributed by atoms with Gasteiger partial charge in [-0.3, -0.25) is 14.2 Å². The molecule has 0 saturated heterocycles. The van der Waals surface area contributed by atoms with E-state index in [2.05, 4.69) is 50.3 Å². The summed E-state index contributed by atoms with van der Waals surface area (Å²) in [6.07, 6.45) is 34.6. The van der Waals surface area contributed by atoms with Crippen molar-refractivity contribution < 1.29 is 57.4 Å². The van der Waals surface area contributed by atoms with Crippen LogP contribution >= 0.6 is 7.82 Å². The fourth-order valence-electron chi connectivity index (χ4n) is 6.92. The summed E-state index contributed by atoms with van der Waals surface area (Å²) >= 11 is 0. The van der Waals surface area contributed by atoms with Crippen LogP contribution in [0.25, 0.3) is 0 Å². The summed E-state index contributed by atoms with van der Waals surface area (Å²) in [7, 11) is 1.00. The fourth-order valence-corrected chi connectivity index (χ4v) is 7.65. The molecule has 0 bridgehead atoms. The van der Waals surface area contributed by atoms with E-state index in [1.54, 1.807) is 6.08 Å². The molecule has 1 fully saturated rings. The van der Waals surface area contributed by atoms with Crippen LogP contribution in [0.5, 0.6) is 0 Å². The molecule has 61 heavy (non-hydrogen) atoms. The molecular formula is C48H84NO11P. The van der Waals surface area contributed by atoms with Gasteiger partial charge in [-0.1, -0.05) is 126 Å². The number of hydrogen-bond donors (Lipinski definition) is 3. The minimum absolute atomic E-state index is 0.0780. The average Bonchev–Trinajstić information content (AvgIpc) is 3.47. The lowest BCUT2D eigenvalue weighted by Gasteiger charge is -2.28. The molecule has 1 aliphatic carbocycles. The molecule has 1 aliphatic rings. The van der Waals surface area contributed by atoms with E-state index < -0.39 is 50.8 Å². The highest BCUT2D eigenvalue weighted by Crippen LogP contribution is 2.39. The number of aliphatic hydroxyl groups excluding tert-OH is 3. The Kier molecular flexibility index (Phi) is 32.5. The van der Waals surface area contributed by atoms with Crippen molar-refractivity contribution in [3.8, 4) is 0 Å². The van der Waals surface area contributed by atoms with Crippen LogP contribution in [0.4, 0.5) is 0 Å². The van der Waals surface area contributed by atoms with E-state index in [-0.39, 0.29) is 37.9 Å². The zero-order valence-corrected chi connectivity index (χ0v) is 39.3. The predicted octanol–water partition coefficient (Wildman–Crippen LogP) is 8.99. The Labute approximate surface area is 369 Å². The fraction of sp³-hybridized carbons (Fsp3) is 0.750. The van der Waals surface area contributed by atoms with Crippen LogP contribution in [0.1, 0.15) is 149 Å². The van der Waals surface area contributed by atoms with E-state index in [9.17, 15) is 34.4 Å². The summed E-state index contributed by atoms with van der Waals surface area (Å²) in [6, 6.07) is 0. The van der Waals surface area contributed by atoms with Crippen molar-refractivity contribution in [2.45, 2.75) is 173 Å². The molecule has 3 N–H and O–H groups in total. The standard InChI is InChI=1S/C48H84NO11P/c1-6-8-10-11-12-13-14-15-16-17-18-19-20-21-22-23-29-33-48(54)60-42(40-59-61(55,56)58-37-36-49(3,4)5)39-57-47(53)32-28-25-24-27-31-43-44(46(52)38-45(43)51)35-34-41(50)30-26-9-7-2/h12-13,15-16,18-19,21-22,34-35,41-46,50-52H,6-11,14,17,20,23-33,36-40H2,1-5H3/b13-12-,16-15-,19-18-,22-21-,35-34+/t41-,42+,43+,44+,45-,46+/m0/s1. The van der Waals surface area contributed by atoms with Crippen LogP contribution in [0, 0.1) is 11.8 Å². The highest BCUT2D eigenvalue weighted by Gasteiger charge is 2.39. The van der Waals surface area contributed by atoms with Gasteiger partial charge >= 0.3 is 11.9 Å². The Balaban J connectivity index is 2.50. The smallest absolute Gasteiger partial charge is 0.306 e. The van der Waals surface area contributed by atoms with Gasteiger partial charge in [0, 0.05) is 25.2 Å². The lowest BCUT2D eigenvalue weighted by atomic mass is 9.88. The minimum atomic E-state index is -4.70. The van der Waals surface area contributed by atoms with Crippen molar-refractivity contribution in [1.29, 1.82) is 0 Å². The van der Waals surface area contributed by atoms with Crippen molar-refractivity contribution >= 4 is 19.8 Å². The van der Waals surface area contributed by atoms with Crippen LogP contribution < -0.4 is 4.89 Å². The monoisotopic (exact) mass is 882 g/mol. The zero-order chi connectivity index (χ0) is 45.2. The van der Waals surface area contributed by atoms with Gasteiger partial charge in [0.25, 0.3) is 7.82 Å². The summed E-state index contributed by atoms with van der Waals surface area (Å²) in [5, 5.41) is 31.4. The molecule has 1 unspecified atom stereocenters. The van der Waals surface area contributed by atoms with E-state index in [1.165, 1.54) is 19.3 Å². The maximum absolute atomic E-state index is 12.7. The number of likely N-dealkylation sites (N-methyl/N-ethyl adjacent to an activating group) is 1. The van der Waals surface area contributed by atoms with E-state index in [0.29, 0.717) is 43.1 Å². The number of allylic oxidation sites excluding steroid dienone is 8. The number of ether oxygens (including phenoxy) is 2. The summed E-state index contributed by atoms with van der Waals surface area (Å²) < 4.78 is 33.8. The Bertz CT molecular complexity index is 1340. The third kappa shape index (κ3) is 32.0. The van der Waals surface area contributed by atoms with Crippen molar-refractivity contribution in [1.82, 2.24) is 0 Å². The van der Waals surface area contributed by atoms with Gasteiger partial charge in [0.05, 0.1) is 46.1 Å². The second-order valence-electron chi connectivity index (χ2n) is 17.4. The van der Waals surface area contributed by atoms with Crippen LogP contribution in [0.2, 0.25) is 0 Å². The highest BCUT2D eigenvalue weighted by molar-refractivity contribution is 7.45. The molecule has 1 saturated carbocycles. The van der Waals surface area contributed by atoms with Gasteiger partial charge in [-0.25, -0.2) is 0 Å². The normalized spacial score (nSPS) is 20.7. The molecule has 1 rings (SSSR count). The molecule has 0 heterocycles. The second-order valence-corrected chi connectivity index (χ2v) is 18.8. The largest absolute Gasteiger partial charge is 0.756 e. The van der Waals surface area contributed by atoms with Gasteiger partial charge in [0.1, 0.15) is 19.8 Å². The Hall–Kier alpha value is -2.41. The molecule has 0 aromatic carbocycles. The third-order valence-corrected chi connectivity index (χ3v) is 11.6. The third-order valence-electron chi connectivity index (χ3n) is 10.6. The lowest BCUT2D eigenvalue weighted by molar-refractivity contribution is -0.870. The van der Waals surface area contributed by atoms with Crippen molar-refractivity contribution in [2.75, 3.05) is 47.5 Å². The van der Waals surface area contributed by atoms with Gasteiger partial charge in [0.15, 0.2) is 6.10 Å². The molecule has 13 heteroatoms. The van der Waals surface area contributed by atoms with Crippen molar-refractivity contribution in [3.05, 3.63) is 60.8 Å². The predicted molar refractivity (Wildman–Crippen MR) is 242 cm³/mol. The van der Waals surface area contributed by atoms with Gasteiger partial charge in [-0.05, 0) is 70.1 Å². The first-order valence-corrected chi connectivity index (χ1v) is 24.7. The number of aliphatic hydroxyl groups is 3. The van der Waals surface area contributed by atoms with Crippen molar-refractivity contribution in [2.24, 2.45) is 11.8 Å². The number of phosphoric ester groups is 1. The first kappa shape index (κ1) is 56.6. The summed E-state index contributed by atoms with van der Waals surface area (Å²) in [5.74, 6) is -1.34. The maximum atomic E-state index is 12.7. The number of quaternary nitrogens is 1.